The van der Waals surface area contributed by atoms with Gasteiger partial charge in [-0.15, -0.1) is 4.80 Å². The van der Waals surface area contributed by atoms with E-state index in [9.17, 15) is 23.1 Å². The first-order valence-corrected chi connectivity index (χ1v) is 12.3. The first-order chi connectivity index (χ1) is 19.0. The fourth-order valence-electron chi connectivity index (χ4n) is 4.42. The van der Waals surface area contributed by atoms with Crippen molar-refractivity contribution in [3.63, 3.8) is 0 Å². The fraction of sp³-hybridized carbons (Fsp3) is 0.192. The second kappa shape index (κ2) is 10.7. The van der Waals surface area contributed by atoms with Gasteiger partial charge in [-0.1, -0.05) is 17.7 Å². The summed E-state index contributed by atoms with van der Waals surface area (Å²) in [6, 6.07) is 2.78. The van der Waals surface area contributed by atoms with Gasteiger partial charge in [0.25, 0.3) is 5.91 Å². The number of carbonyl (C=O) groups is 1. The molecule has 3 aromatic heterocycles. The largest absolute Gasteiger partial charge is 0.420 e. The number of amides is 1. The number of aliphatic hydroxyl groups excluding tert-OH is 1. The summed E-state index contributed by atoms with van der Waals surface area (Å²) < 4.78 is 56.6. The number of alkyl halides is 3. The zero-order valence-corrected chi connectivity index (χ0v) is 21.2. The maximum absolute atomic E-state index is 15.5. The van der Waals surface area contributed by atoms with Crippen LogP contribution in [0.4, 0.5) is 28.9 Å². The van der Waals surface area contributed by atoms with Gasteiger partial charge in [0.1, 0.15) is 11.4 Å². The van der Waals surface area contributed by atoms with Crippen molar-refractivity contribution in [2.45, 2.75) is 31.5 Å². The first-order valence-electron chi connectivity index (χ1n) is 11.9. The van der Waals surface area contributed by atoms with Gasteiger partial charge < -0.3 is 16.2 Å². The molecule has 1 atom stereocenters. The van der Waals surface area contributed by atoms with E-state index in [2.05, 4.69) is 25.5 Å². The molecule has 9 nitrogen and oxygen atoms in total. The minimum absolute atomic E-state index is 0.0144. The third kappa shape index (κ3) is 5.38. The van der Waals surface area contributed by atoms with Crippen LogP contribution >= 0.6 is 11.6 Å². The molecule has 1 aliphatic carbocycles. The molecule has 1 amide bonds. The van der Waals surface area contributed by atoms with Gasteiger partial charge in [0, 0.05) is 22.9 Å². The summed E-state index contributed by atoms with van der Waals surface area (Å²) in [6.07, 6.45) is 4.28. The number of hydrogen-bond acceptors (Lipinski definition) is 7. The van der Waals surface area contributed by atoms with Crippen molar-refractivity contribution in [2.24, 2.45) is 0 Å². The monoisotopic (exact) mass is 573 g/mol. The number of hydrogen-bond donors (Lipinski definition) is 3. The van der Waals surface area contributed by atoms with Crippen LogP contribution in [0.2, 0.25) is 5.02 Å². The van der Waals surface area contributed by atoms with Crippen LogP contribution in [0.15, 0.2) is 55.3 Å². The molecule has 1 unspecified atom stereocenters. The quantitative estimate of drug-likeness (QED) is 0.276. The lowest BCUT2D eigenvalue weighted by Crippen LogP contribution is -2.17. The Morgan fingerprint density at radius 1 is 1.12 bits per heavy atom. The zero-order valence-electron chi connectivity index (χ0n) is 20.5. The maximum Gasteiger partial charge on any atom is 0.420 e. The molecule has 14 heteroatoms. The number of anilines is 2. The highest BCUT2D eigenvalue weighted by molar-refractivity contribution is 6.34. The predicted octanol–water partition coefficient (Wildman–Crippen LogP) is 5.30. The molecule has 4 N–H and O–H groups in total. The van der Waals surface area contributed by atoms with E-state index < -0.39 is 35.4 Å². The van der Waals surface area contributed by atoms with E-state index in [-0.39, 0.29) is 27.5 Å². The third-order valence-corrected chi connectivity index (χ3v) is 6.63. The molecule has 1 aliphatic rings. The molecule has 4 aromatic rings. The Labute approximate surface area is 229 Å². The minimum Gasteiger partial charge on any atom is -0.397 e. The van der Waals surface area contributed by atoms with E-state index in [1.54, 1.807) is 0 Å². The highest BCUT2D eigenvalue weighted by Gasteiger charge is 2.36. The molecular weight excluding hydrogens is 554 g/mol. The smallest absolute Gasteiger partial charge is 0.397 e. The number of aromatic nitrogens is 5. The zero-order chi connectivity index (χ0) is 28.6. The van der Waals surface area contributed by atoms with Crippen molar-refractivity contribution in [2.75, 3.05) is 11.1 Å². The van der Waals surface area contributed by atoms with Crippen molar-refractivity contribution in [1.82, 2.24) is 25.0 Å². The normalized spacial score (nSPS) is 15.6. The molecule has 206 valence electrons. The van der Waals surface area contributed by atoms with Crippen LogP contribution in [0.25, 0.3) is 22.5 Å². The van der Waals surface area contributed by atoms with Crippen LogP contribution in [0.1, 0.15) is 40.7 Å². The van der Waals surface area contributed by atoms with Gasteiger partial charge in [0.2, 0.25) is 0 Å². The summed E-state index contributed by atoms with van der Waals surface area (Å²) in [6.45, 7) is 0. The van der Waals surface area contributed by atoms with Crippen LogP contribution < -0.4 is 11.1 Å². The Morgan fingerprint density at radius 3 is 2.55 bits per heavy atom. The van der Waals surface area contributed by atoms with Crippen LogP contribution in [0.5, 0.6) is 0 Å². The number of nitrogen functional groups attached to an aromatic ring is 1. The summed E-state index contributed by atoms with van der Waals surface area (Å²) in [5.41, 5.74) is 6.26. The molecule has 0 spiro atoms. The van der Waals surface area contributed by atoms with Gasteiger partial charge in [0.15, 0.2) is 5.82 Å². The summed E-state index contributed by atoms with van der Waals surface area (Å²) in [5, 5.41) is 19.3. The van der Waals surface area contributed by atoms with Gasteiger partial charge in [-0.3, -0.25) is 9.78 Å². The third-order valence-electron chi connectivity index (χ3n) is 6.31. The Hall–Kier alpha value is -4.36. The van der Waals surface area contributed by atoms with Crippen molar-refractivity contribution in [3.8, 4) is 16.9 Å². The number of allylic oxidation sites excluding steroid dienone is 1. The highest BCUT2D eigenvalue weighted by atomic mass is 35.5. The molecule has 0 saturated heterocycles. The number of carbonyl (C=O) groups excluding carboxylic acids is 1. The van der Waals surface area contributed by atoms with Crippen LogP contribution in [0.3, 0.4) is 0 Å². The van der Waals surface area contributed by atoms with Gasteiger partial charge in [-0.2, -0.15) is 23.4 Å². The number of halogens is 5. The number of pyridine rings is 2. The number of nitrogens with two attached hydrogens (primary N) is 1. The van der Waals surface area contributed by atoms with Crippen molar-refractivity contribution in [1.29, 1.82) is 0 Å². The van der Waals surface area contributed by atoms with Crippen molar-refractivity contribution < 1.29 is 27.5 Å². The Morgan fingerprint density at radius 2 is 1.88 bits per heavy atom. The predicted molar refractivity (Wildman–Crippen MR) is 139 cm³/mol. The minimum atomic E-state index is -4.84. The van der Waals surface area contributed by atoms with Crippen molar-refractivity contribution >= 4 is 34.5 Å². The Kier molecular flexibility index (Phi) is 7.25. The van der Waals surface area contributed by atoms with E-state index in [0.717, 1.165) is 17.8 Å². The molecule has 0 fully saturated rings. The SMILES string of the molecule is Nc1cncc(C2=CCC(O)CC2)c1-c1cc(Cl)c(C(=O)Nc2cnc(-n3nccn3)c(C(F)(F)F)c2)cc1F. The standard InChI is InChI=1S/C26H20ClF4N7O2/c27-20-8-17(23-18(11-33-12-22(23)32)13-1-3-15(39)4-2-13)21(28)9-16(20)25(40)37-14-7-19(26(29,30)31)24(34-10-14)38-35-5-6-36-38/h1,5-12,15,39H,2-4,32H2,(H,37,40). The van der Waals surface area contributed by atoms with Gasteiger partial charge in [-0.25, -0.2) is 9.37 Å². The molecular formula is C26H20ClF4N7O2. The lowest BCUT2D eigenvalue weighted by Gasteiger charge is -2.21. The maximum atomic E-state index is 15.5. The van der Waals surface area contributed by atoms with E-state index >= 15 is 4.39 Å². The number of rotatable bonds is 5. The molecule has 40 heavy (non-hydrogen) atoms. The van der Waals surface area contributed by atoms with Gasteiger partial charge in [-0.05, 0) is 43.0 Å². The number of nitrogens with one attached hydrogen (secondary N) is 1. The Balaban J connectivity index is 1.48. The number of aliphatic hydroxyl groups is 1. The summed E-state index contributed by atoms with van der Waals surface area (Å²) >= 11 is 6.37. The summed E-state index contributed by atoms with van der Waals surface area (Å²) in [5.74, 6) is -2.38. The molecule has 0 radical (unpaired) electrons. The first kappa shape index (κ1) is 27.2. The second-order valence-electron chi connectivity index (χ2n) is 8.99. The van der Waals surface area contributed by atoms with Crippen LogP contribution in [-0.2, 0) is 6.18 Å². The molecule has 0 aliphatic heterocycles. The van der Waals surface area contributed by atoms with E-state index in [1.807, 2.05) is 6.08 Å². The van der Waals surface area contributed by atoms with Gasteiger partial charge in [0.05, 0.1) is 52.9 Å². The molecule has 1 aromatic carbocycles. The van der Waals surface area contributed by atoms with Gasteiger partial charge >= 0.3 is 6.18 Å². The summed E-state index contributed by atoms with van der Waals surface area (Å²) in [7, 11) is 0. The van der Waals surface area contributed by atoms with Crippen LogP contribution in [0, 0.1) is 5.82 Å². The lowest BCUT2D eigenvalue weighted by molar-refractivity contribution is -0.137. The fourth-order valence-corrected chi connectivity index (χ4v) is 4.67. The lowest BCUT2D eigenvalue weighted by atomic mass is 9.87. The van der Waals surface area contributed by atoms with E-state index in [1.165, 1.54) is 30.9 Å². The van der Waals surface area contributed by atoms with E-state index in [4.69, 9.17) is 17.3 Å². The average molecular weight is 574 g/mol. The van der Waals surface area contributed by atoms with Crippen molar-refractivity contribution in [3.05, 3.63) is 82.8 Å². The number of nitrogens with zero attached hydrogens (tertiary/aromatic N) is 5. The second-order valence-corrected chi connectivity index (χ2v) is 9.39. The summed E-state index contributed by atoms with van der Waals surface area (Å²) in [4.78, 5) is 21.5. The topological polar surface area (TPSA) is 132 Å². The average Bonchev–Trinajstić information content (AvgIpc) is 3.45. The Bertz CT molecular complexity index is 1620. The molecule has 0 bridgehead atoms. The van der Waals surface area contributed by atoms with Crippen LogP contribution in [-0.4, -0.2) is 42.1 Å². The van der Waals surface area contributed by atoms with E-state index in [0.29, 0.717) is 41.3 Å². The molecule has 5 rings (SSSR count). The number of benzene rings is 1. The molecule has 3 heterocycles. The highest BCUT2D eigenvalue weighted by Crippen LogP contribution is 2.40. The molecule has 0 saturated carbocycles.